The third kappa shape index (κ3) is 1.89. The van der Waals surface area contributed by atoms with Gasteiger partial charge in [0.05, 0.1) is 0 Å². The summed E-state index contributed by atoms with van der Waals surface area (Å²) in [5.41, 5.74) is 0.336. The second-order valence-electron chi connectivity index (χ2n) is 4.54. The number of hydrogen-bond acceptors (Lipinski definition) is 2. The Kier molecular flexibility index (Phi) is 3.36. The maximum atomic E-state index is 2.59. The van der Waals surface area contributed by atoms with Crippen LogP contribution in [-0.2, 0) is 0 Å². The van der Waals surface area contributed by atoms with Crippen LogP contribution in [0.1, 0.15) is 34.6 Å². The molecule has 13 heavy (non-hydrogen) atoms. The van der Waals surface area contributed by atoms with Gasteiger partial charge in [0, 0.05) is 24.7 Å². The molecular weight excluding hydrogens is 160 g/mol. The summed E-state index contributed by atoms with van der Waals surface area (Å²) in [6.45, 7) is 16.4. The van der Waals surface area contributed by atoms with E-state index in [0.717, 1.165) is 0 Å². The molecule has 0 amide bonds. The summed E-state index contributed by atoms with van der Waals surface area (Å²) in [4.78, 5) is 5.16. The number of piperazine rings is 1. The lowest BCUT2D eigenvalue weighted by atomic mass is 9.89. The van der Waals surface area contributed by atoms with Crippen molar-refractivity contribution >= 4 is 0 Å². The van der Waals surface area contributed by atoms with E-state index in [-0.39, 0.29) is 0 Å². The van der Waals surface area contributed by atoms with Crippen LogP contribution in [0.2, 0.25) is 0 Å². The molecule has 2 nitrogen and oxygen atoms in total. The Morgan fingerprint density at radius 2 is 1.77 bits per heavy atom. The Morgan fingerprint density at radius 3 is 2.23 bits per heavy atom. The molecule has 1 atom stereocenters. The molecule has 2 heteroatoms. The lowest BCUT2D eigenvalue weighted by Crippen LogP contribution is -2.64. The van der Waals surface area contributed by atoms with Gasteiger partial charge in [0.15, 0.2) is 0 Å². The normalized spacial score (nSPS) is 30.7. The van der Waals surface area contributed by atoms with Gasteiger partial charge in [0.2, 0.25) is 0 Å². The molecule has 0 aromatic heterocycles. The highest BCUT2D eigenvalue weighted by Crippen LogP contribution is 2.26. The highest BCUT2D eigenvalue weighted by molar-refractivity contribution is 4.95. The highest BCUT2D eigenvalue weighted by Gasteiger charge is 2.38. The van der Waals surface area contributed by atoms with Gasteiger partial charge in [0.25, 0.3) is 0 Å². The van der Waals surface area contributed by atoms with Crippen molar-refractivity contribution in [3.8, 4) is 0 Å². The molecule has 0 saturated carbocycles. The third-order valence-corrected chi connectivity index (χ3v) is 3.83. The van der Waals surface area contributed by atoms with Crippen LogP contribution >= 0.6 is 0 Å². The molecule has 0 radical (unpaired) electrons. The average molecular weight is 184 g/mol. The monoisotopic (exact) mass is 184 g/mol. The van der Waals surface area contributed by atoms with E-state index in [1.165, 1.54) is 26.2 Å². The summed E-state index contributed by atoms with van der Waals surface area (Å²) in [5.74, 6) is 0. The number of nitrogens with zero attached hydrogens (tertiary/aromatic N) is 2. The molecule has 0 bridgehead atoms. The second-order valence-corrected chi connectivity index (χ2v) is 4.54. The van der Waals surface area contributed by atoms with Crippen LogP contribution < -0.4 is 0 Å². The van der Waals surface area contributed by atoms with Crippen molar-refractivity contribution < 1.29 is 0 Å². The van der Waals surface area contributed by atoms with E-state index in [4.69, 9.17) is 0 Å². The van der Waals surface area contributed by atoms with Gasteiger partial charge in [-0.15, -0.1) is 0 Å². The molecule has 0 N–H and O–H groups in total. The first kappa shape index (κ1) is 11.0. The van der Waals surface area contributed by atoms with E-state index >= 15 is 0 Å². The maximum absolute atomic E-state index is 2.59. The zero-order valence-electron chi connectivity index (χ0n) is 9.80. The van der Waals surface area contributed by atoms with E-state index in [1.807, 2.05) is 0 Å². The van der Waals surface area contributed by atoms with Crippen molar-refractivity contribution in [2.24, 2.45) is 0 Å². The van der Waals surface area contributed by atoms with Gasteiger partial charge in [0.1, 0.15) is 0 Å². The minimum atomic E-state index is 0.336. The van der Waals surface area contributed by atoms with E-state index in [1.54, 1.807) is 0 Å². The minimum Gasteiger partial charge on any atom is -0.298 e. The first-order valence-corrected chi connectivity index (χ1v) is 5.53. The Bertz CT molecular complexity index is 165. The summed E-state index contributed by atoms with van der Waals surface area (Å²) >= 11 is 0. The molecule has 0 aromatic rings. The quantitative estimate of drug-likeness (QED) is 0.646. The molecule has 1 aliphatic heterocycles. The summed E-state index contributed by atoms with van der Waals surface area (Å²) in [6.07, 6.45) is 0. The Morgan fingerprint density at radius 1 is 1.15 bits per heavy atom. The van der Waals surface area contributed by atoms with E-state index in [9.17, 15) is 0 Å². The Labute approximate surface area is 82.9 Å². The van der Waals surface area contributed by atoms with E-state index < -0.39 is 0 Å². The lowest BCUT2D eigenvalue weighted by Gasteiger charge is -2.51. The molecule has 0 unspecified atom stereocenters. The molecule has 1 rings (SSSR count). The zero-order chi connectivity index (χ0) is 10.1. The van der Waals surface area contributed by atoms with Crippen LogP contribution in [0.15, 0.2) is 0 Å². The highest BCUT2D eigenvalue weighted by atomic mass is 15.3. The molecular formula is C11H24N2. The zero-order valence-corrected chi connectivity index (χ0v) is 9.80. The Balaban J connectivity index is 2.72. The maximum Gasteiger partial charge on any atom is 0.0306 e. The van der Waals surface area contributed by atoms with Gasteiger partial charge >= 0.3 is 0 Å². The summed E-state index contributed by atoms with van der Waals surface area (Å²) < 4.78 is 0. The summed E-state index contributed by atoms with van der Waals surface area (Å²) in [5, 5.41) is 0. The van der Waals surface area contributed by atoms with Gasteiger partial charge in [-0.05, 0) is 33.9 Å². The van der Waals surface area contributed by atoms with Gasteiger partial charge in [-0.25, -0.2) is 0 Å². The van der Waals surface area contributed by atoms with E-state index in [0.29, 0.717) is 11.6 Å². The van der Waals surface area contributed by atoms with E-state index in [2.05, 4.69) is 44.4 Å². The van der Waals surface area contributed by atoms with Gasteiger partial charge in [-0.1, -0.05) is 13.8 Å². The topological polar surface area (TPSA) is 6.48 Å². The van der Waals surface area contributed by atoms with Crippen molar-refractivity contribution in [1.82, 2.24) is 9.80 Å². The van der Waals surface area contributed by atoms with Crippen molar-refractivity contribution in [2.45, 2.75) is 46.2 Å². The first-order valence-electron chi connectivity index (χ1n) is 5.53. The average Bonchev–Trinajstić information content (AvgIpc) is 2.09. The molecule has 1 heterocycles. The van der Waals surface area contributed by atoms with Gasteiger partial charge in [-0.3, -0.25) is 9.80 Å². The molecule has 0 aliphatic carbocycles. The minimum absolute atomic E-state index is 0.336. The predicted molar refractivity (Wildman–Crippen MR) is 58.0 cm³/mol. The third-order valence-electron chi connectivity index (χ3n) is 3.83. The van der Waals surface area contributed by atoms with Crippen molar-refractivity contribution in [3.63, 3.8) is 0 Å². The van der Waals surface area contributed by atoms with Crippen LogP contribution in [0.4, 0.5) is 0 Å². The molecule has 78 valence electrons. The largest absolute Gasteiger partial charge is 0.298 e. The van der Waals surface area contributed by atoms with Gasteiger partial charge < -0.3 is 0 Å². The standard InChI is InChI=1S/C11H24N2/c1-6-12-8-9-13(7-2)11(4,5)10(12)3/h10H,6-9H2,1-5H3/t10-/m0/s1. The van der Waals surface area contributed by atoms with Crippen molar-refractivity contribution in [1.29, 1.82) is 0 Å². The number of likely N-dealkylation sites (N-methyl/N-ethyl adjacent to an activating group) is 2. The molecule has 1 fully saturated rings. The van der Waals surface area contributed by atoms with Crippen LogP contribution in [0, 0.1) is 0 Å². The predicted octanol–water partition coefficient (Wildman–Crippen LogP) is 1.81. The Hall–Kier alpha value is -0.0800. The van der Waals surface area contributed by atoms with Crippen LogP contribution in [0.25, 0.3) is 0 Å². The fourth-order valence-electron chi connectivity index (χ4n) is 2.44. The second kappa shape index (κ2) is 3.97. The number of hydrogen-bond donors (Lipinski definition) is 0. The van der Waals surface area contributed by atoms with Crippen molar-refractivity contribution in [3.05, 3.63) is 0 Å². The lowest BCUT2D eigenvalue weighted by molar-refractivity contribution is -0.0200. The number of rotatable bonds is 2. The van der Waals surface area contributed by atoms with Crippen LogP contribution in [0.5, 0.6) is 0 Å². The van der Waals surface area contributed by atoms with Crippen LogP contribution in [-0.4, -0.2) is 47.6 Å². The molecule has 0 aromatic carbocycles. The fourth-order valence-corrected chi connectivity index (χ4v) is 2.44. The van der Waals surface area contributed by atoms with Crippen molar-refractivity contribution in [2.75, 3.05) is 26.2 Å². The van der Waals surface area contributed by atoms with Gasteiger partial charge in [-0.2, -0.15) is 0 Å². The first-order chi connectivity index (χ1) is 6.04. The molecule has 1 aliphatic rings. The molecule has 1 saturated heterocycles. The SMILES string of the molecule is CCN1CCN(CC)C(C)(C)[C@@H]1C. The fraction of sp³-hybridized carbons (Fsp3) is 1.00. The van der Waals surface area contributed by atoms with Crippen LogP contribution in [0.3, 0.4) is 0 Å². The summed E-state index contributed by atoms with van der Waals surface area (Å²) in [7, 11) is 0. The summed E-state index contributed by atoms with van der Waals surface area (Å²) in [6, 6.07) is 0.672. The molecule has 0 spiro atoms. The smallest absolute Gasteiger partial charge is 0.0306 e.